The molecule has 1 unspecified atom stereocenters. The van der Waals surface area contributed by atoms with Gasteiger partial charge in [-0.2, -0.15) is 5.26 Å². The summed E-state index contributed by atoms with van der Waals surface area (Å²) in [4.78, 5) is 31.2. The molecule has 9 nitrogen and oxygen atoms in total. The van der Waals surface area contributed by atoms with Gasteiger partial charge in [0.25, 0.3) is 0 Å². The van der Waals surface area contributed by atoms with Crippen LogP contribution in [0.3, 0.4) is 0 Å². The number of rotatable bonds is 6. The van der Waals surface area contributed by atoms with Crippen LogP contribution in [-0.4, -0.2) is 32.6 Å². The van der Waals surface area contributed by atoms with Crippen molar-refractivity contribution in [1.82, 2.24) is 15.2 Å². The monoisotopic (exact) mass is 535 g/mol. The molecule has 3 aromatic rings. The highest BCUT2D eigenvalue weighted by Crippen LogP contribution is 2.47. The molecule has 1 aliphatic heterocycles. The summed E-state index contributed by atoms with van der Waals surface area (Å²) in [7, 11) is 0. The first kappa shape index (κ1) is 24.2. The standard InChI is InChI=1S/C24H21N7O2S3/c1-13-5-2-3-6-14(13)19-15(11-25)21(26)31(16-7-4-8-17(32)20(16)19)23-29-30-24(36-23)35-12-18(33)28-22-27-9-10-34-22/h2-3,5-6,9-10,19H,4,7-8,12,26H2,1H3,(H,27,28,33). The first-order valence-corrected chi connectivity index (χ1v) is 13.8. The molecule has 2 aromatic heterocycles. The van der Waals surface area contributed by atoms with E-state index < -0.39 is 5.92 Å². The Balaban J connectivity index is 1.47. The van der Waals surface area contributed by atoms with Crippen LogP contribution in [0.1, 0.15) is 36.3 Å². The van der Waals surface area contributed by atoms with Crippen LogP contribution in [0.2, 0.25) is 0 Å². The molecule has 12 heteroatoms. The predicted molar refractivity (Wildman–Crippen MR) is 140 cm³/mol. The Labute approximate surface area is 219 Å². The van der Waals surface area contributed by atoms with Crippen molar-refractivity contribution in [3.8, 4) is 6.07 Å². The second-order valence-electron chi connectivity index (χ2n) is 8.20. The maximum Gasteiger partial charge on any atom is 0.236 e. The number of nitrogens with two attached hydrogens (primary N) is 1. The Hall–Kier alpha value is -3.53. The van der Waals surface area contributed by atoms with Gasteiger partial charge in [-0.05, 0) is 30.9 Å². The van der Waals surface area contributed by atoms with Gasteiger partial charge >= 0.3 is 0 Å². The van der Waals surface area contributed by atoms with Gasteiger partial charge in [-0.15, -0.1) is 21.5 Å². The Morgan fingerprint density at radius 2 is 2.17 bits per heavy atom. The SMILES string of the molecule is Cc1ccccc1C1C(C#N)=C(N)N(c2nnc(SCC(=O)Nc3nccs3)s2)C2=C1C(=O)CCC2. The van der Waals surface area contributed by atoms with Gasteiger partial charge in [0.2, 0.25) is 11.0 Å². The van der Waals surface area contributed by atoms with E-state index in [4.69, 9.17) is 5.73 Å². The highest BCUT2D eigenvalue weighted by Gasteiger charge is 2.41. The fourth-order valence-electron chi connectivity index (χ4n) is 4.45. The molecule has 0 fully saturated rings. The lowest BCUT2D eigenvalue weighted by Gasteiger charge is -2.38. The molecule has 0 saturated heterocycles. The molecule has 1 aromatic carbocycles. The van der Waals surface area contributed by atoms with Crippen LogP contribution in [0.15, 0.2) is 62.8 Å². The van der Waals surface area contributed by atoms with E-state index in [9.17, 15) is 14.9 Å². The zero-order valence-corrected chi connectivity index (χ0v) is 21.7. The number of Topliss-reactive ketones (excluding diaryl/α,β-unsaturated/α-hetero) is 1. The number of thiazole rings is 1. The number of thioether (sulfide) groups is 1. The maximum atomic E-state index is 13.2. The maximum absolute atomic E-state index is 13.2. The molecule has 1 amide bonds. The van der Waals surface area contributed by atoms with Crippen LogP contribution in [-0.2, 0) is 9.59 Å². The number of anilines is 2. The molecule has 1 atom stereocenters. The number of aromatic nitrogens is 3. The zero-order chi connectivity index (χ0) is 25.2. The predicted octanol–water partition coefficient (Wildman–Crippen LogP) is 4.34. The van der Waals surface area contributed by atoms with Crippen molar-refractivity contribution in [2.75, 3.05) is 16.0 Å². The molecule has 36 heavy (non-hydrogen) atoms. The van der Waals surface area contributed by atoms with E-state index >= 15 is 0 Å². The summed E-state index contributed by atoms with van der Waals surface area (Å²) < 4.78 is 0.580. The quantitative estimate of drug-likeness (QED) is 0.441. The van der Waals surface area contributed by atoms with Crippen molar-refractivity contribution in [1.29, 1.82) is 5.26 Å². The highest BCUT2D eigenvalue weighted by molar-refractivity contribution is 8.01. The molecule has 0 spiro atoms. The average molecular weight is 536 g/mol. The topological polar surface area (TPSA) is 138 Å². The number of nitrogens with one attached hydrogen (secondary N) is 1. The van der Waals surface area contributed by atoms with Crippen LogP contribution in [0.25, 0.3) is 0 Å². The van der Waals surface area contributed by atoms with Gasteiger partial charge in [-0.3, -0.25) is 14.5 Å². The number of carbonyl (C=O) groups excluding carboxylic acids is 2. The zero-order valence-electron chi connectivity index (χ0n) is 19.2. The average Bonchev–Trinajstić information content (AvgIpc) is 3.55. The van der Waals surface area contributed by atoms with E-state index in [0.717, 1.165) is 16.8 Å². The normalized spacial score (nSPS) is 17.7. The number of allylic oxidation sites excluding steroid dienone is 3. The number of carbonyl (C=O) groups is 2. The van der Waals surface area contributed by atoms with E-state index in [1.54, 1.807) is 16.5 Å². The Kier molecular flexibility index (Phi) is 6.86. The second-order valence-corrected chi connectivity index (χ2v) is 11.3. The number of ketones is 1. The third-order valence-corrected chi connectivity index (χ3v) is 8.74. The molecule has 1 aliphatic carbocycles. The number of nitriles is 1. The molecule has 3 N–H and O–H groups in total. The van der Waals surface area contributed by atoms with Crippen molar-refractivity contribution in [3.63, 3.8) is 0 Å². The summed E-state index contributed by atoms with van der Waals surface area (Å²) in [6.07, 6.45) is 3.39. The van der Waals surface area contributed by atoms with Crippen molar-refractivity contribution in [3.05, 3.63) is 69.6 Å². The number of hydrogen-bond acceptors (Lipinski definition) is 11. The summed E-state index contributed by atoms with van der Waals surface area (Å²) in [5, 5.41) is 24.2. The van der Waals surface area contributed by atoms with Crippen LogP contribution in [0.4, 0.5) is 10.3 Å². The van der Waals surface area contributed by atoms with Crippen LogP contribution in [0, 0.1) is 18.3 Å². The molecule has 3 heterocycles. The molecular formula is C24H21N7O2S3. The van der Waals surface area contributed by atoms with Crippen LogP contribution >= 0.6 is 34.4 Å². The molecule has 0 radical (unpaired) electrons. The van der Waals surface area contributed by atoms with Crippen molar-refractivity contribution in [2.45, 2.75) is 36.4 Å². The smallest absolute Gasteiger partial charge is 0.236 e. The lowest BCUT2D eigenvalue weighted by molar-refractivity contribution is -0.116. The van der Waals surface area contributed by atoms with Gasteiger partial charge in [0.05, 0.1) is 23.3 Å². The summed E-state index contributed by atoms with van der Waals surface area (Å²) >= 11 is 3.86. The molecule has 0 saturated carbocycles. The first-order valence-electron chi connectivity index (χ1n) is 11.1. The number of aryl methyl sites for hydroxylation is 1. The Bertz CT molecular complexity index is 1440. The number of hydrogen-bond donors (Lipinski definition) is 2. The van der Waals surface area contributed by atoms with Gasteiger partial charge in [0.15, 0.2) is 15.3 Å². The molecule has 182 valence electrons. The van der Waals surface area contributed by atoms with Gasteiger partial charge in [0.1, 0.15) is 5.82 Å². The van der Waals surface area contributed by atoms with Gasteiger partial charge in [-0.25, -0.2) is 4.98 Å². The Morgan fingerprint density at radius 1 is 1.33 bits per heavy atom. The minimum absolute atomic E-state index is 0.0210. The molecule has 5 rings (SSSR count). The number of amides is 1. The summed E-state index contributed by atoms with van der Waals surface area (Å²) in [5.74, 6) is -0.280. The van der Waals surface area contributed by atoms with Gasteiger partial charge in [0, 0.05) is 29.3 Å². The Morgan fingerprint density at radius 3 is 2.92 bits per heavy atom. The minimum Gasteiger partial charge on any atom is -0.384 e. The summed E-state index contributed by atoms with van der Waals surface area (Å²) in [6, 6.07) is 10.0. The highest BCUT2D eigenvalue weighted by atomic mass is 32.2. The summed E-state index contributed by atoms with van der Waals surface area (Å²) in [5.41, 5.74) is 10.2. The van der Waals surface area contributed by atoms with Crippen LogP contribution < -0.4 is 16.0 Å². The fraction of sp³-hybridized carbons (Fsp3) is 0.250. The molecule has 2 aliphatic rings. The lowest BCUT2D eigenvalue weighted by atomic mass is 9.75. The molecule has 0 bridgehead atoms. The fourth-order valence-corrected chi connectivity index (χ4v) is 6.67. The number of nitrogens with zero attached hydrogens (tertiary/aromatic N) is 5. The summed E-state index contributed by atoms with van der Waals surface area (Å²) in [6.45, 7) is 1.97. The third kappa shape index (κ3) is 4.53. The third-order valence-electron chi connectivity index (χ3n) is 6.01. The van der Waals surface area contributed by atoms with Gasteiger partial charge in [-0.1, -0.05) is 47.4 Å². The van der Waals surface area contributed by atoms with Gasteiger partial charge < -0.3 is 11.1 Å². The van der Waals surface area contributed by atoms with Crippen molar-refractivity contribution >= 4 is 56.4 Å². The van der Waals surface area contributed by atoms with E-state index in [1.807, 2.05) is 31.2 Å². The minimum atomic E-state index is -0.508. The largest absolute Gasteiger partial charge is 0.384 e. The molecular weight excluding hydrogens is 515 g/mol. The van der Waals surface area contributed by atoms with E-state index in [0.29, 0.717) is 45.0 Å². The van der Waals surface area contributed by atoms with E-state index in [-0.39, 0.29) is 23.3 Å². The second kappa shape index (κ2) is 10.2. The number of benzene rings is 1. The first-order chi connectivity index (χ1) is 17.5. The van der Waals surface area contributed by atoms with Crippen molar-refractivity contribution in [2.24, 2.45) is 5.73 Å². The van der Waals surface area contributed by atoms with E-state index in [1.165, 1.54) is 34.4 Å². The lowest BCUT2D eigenvalue weighted by Crippen LogP contribution is -2.38. The van der Waals surface area contributed by atoms with Crippen LogP contribution in [0.5, 0.6) is 0 Å². The van der Waals surface area contributed by atoms with Crippen molar-refractivity contribution < 1.29 is 9.59 Å². The van der Waals surface area contributed by atoms with E-state index in [2.05, 4.69) is 26.6 Å².